The molecule has 6 nitrogen and oxygen atoms in total. The van der Waals surface area contributed by atoms with Gasteiger partial charge in [-0.05, 0) is 34.6 Å². The van der Waals surface area contributed by atoms with Gasteiger partial charge in [0, 0.05) is 104 Å². The Labute approximate surface area is 251 Å². The Bertz CT molecular complexity index is 152. The van der Waals surface area contributed by atoms with Crippen molar-refractivity contribution in [1.29, 1.82) is 0 Å². The molecule has 0 radical (unpaired) electrons. The van der Waals surface area contributed by atoms with E-state index < -0.39 is 0 Å². The normalized spacial score (nSPS) is 6.50. The van der Waals surface area contributed by atoms with Crippen LogP contribution in [0.4, 0.5) is 0 Å². The molecule has 0 aromatic carbocycles. The summed E-state index contributed by atoms with van der Waals surface area (Å²) in [6, 6.07) is 0. The molecule has 0 aliphatic rings. The molecule has 0 aromatic rings. The molecule has 1 unspecified atom stereocenters. The maximum Gasteiger partial charge on any atom is 0.0644 e. The van der Waals surface area contributed by atoms with Gasteiger partial charge in [-0.3, -0.25) is 0 Å². The van der Waals surface area contributed by atoms with Crippen LogP contribution in [0.15, 0.2) is 12.7 Å². The predicted molar refractivity (Wildman–Crippen MR) is 140 cm³/mol. The monoisotopic (exact) mass is 583 g/mol. The average molecular weight is 583 g/mol. The van der Waals surface area contributed by atoms with Crippen LogP contribution in [0.2, 0.25) is 0 Å². The SMILES string of the molecule is C.C.C.C.C.C.C=CCOCC(C)CO.CC(C)O.CCO.CCO.CCO.[CH3-].[Ti].[Ti].[Ti]. The van der Waals surface area contributed by atoms with Crippen molar-refractivity contribution in [3.8, 4) is 0 Å². The summed E-state index contributed by atoms with van der Waals surface area (Å²) in [6.45, 7) is 16.0. The van der Waals surface area contributed by atoms with Gasteiger partial charge in [-0.1, -0.05) is 57.6 Å². The average Bonchev–Trinajstić information content (AvgIpc) is 2.41. The van der Waals surface area contributed by atoms with E-state index in [-0.39, 0.29) is 156 Å². The van der Waals surface area contributed by atoms with E-state index in [1.165, 1.54) is 0 Å². The molecule has 9 heteroatoms. The fourth-order valence-corrected chi connectivity index (χ4v) is 0.405. The van der Waals surface area contributed by atoms with Gasteiger partial charge in [0.2, 0.25) is 0 Å². The van der Waals surface area contributed by atoms with Gasteiger partial charge in [-0.2, -0.15) is 0 Å². The van der Waals surface area contributed by atoms with Crippen LogP contribution in [0, 0.1) is 13.3 Å². The van der Waals surface area contributed by atoms with E-state index in [1.54, 1.807) is 40.7 Å². The van der Waals surface area contributed by atoms with Crippen molar-refractivity contribution in [2.75, 3.05) is 39.6 Å². The molecule has 0 aliphatic heterocycles. The molecule has 32 heavy (non-hydrogen) atoms. The van der Waals surface area contributed by atoms with Crippen LogP contribution in [-0.4, -0.2) is 71.3 Å². The second-order valence-electron chi connectivity index (χ2n) is 4.16. The number of ether oxygens (including phenoxy) is 1. The molecule has 0 bridgehead atoms. The first-order valence-electron chi connectivity index (χ1n) is 7.59. The van der Waals surface area contributed by atoms with Crippen LogP contribution in [0.3, 0.4) is 0 Å². The summed E-state index contributed by atoms with van der Waals surface area (Å²) in [7, 11) is 0. The molecule has 208 valence electrons. The van der Waals surface area contributed by atoms with Crippen molar-refractivity contribution in [2.24, 2.45) is 5.92 Å². The zero-order valence-corrected chi connectivity index (χ0v) is 22.5. The third-order valence-corrected chi connectivity index (χ3v) is 0.950. The van der Waals surface area contributed by atoms with E-state index in [2.05, 4.69) is 6.58 Å². The van der Waals surface area contributed by atoms with Crippen molar-refractivity contribution < 1.29 is 95.4 Å². The zero-order chi connectivity index (χ0) is 18.8. The minimum Gasteiger partial charge on any atom is -0.397 e. The molecule has 0 aromatic heterocycles. The zero-order valence-electron chi connectivity index (χ0n) is 17.8. The van der Waals surface area contributed by atoms with Gasteiger partial charge < -0.3 is 37.7 Å². The maximum absolute atomic E-state index is 8.53. The largest absolute Gasteiger partial charge is 0.397 e. The summed E-state index contributed by atoms with van der Waals surface area (Å²) in [6.07, 6.45) is 1.53. The fraction of sp³-hybridized carbons (Fsp3) is 0.870. The topological polar surface area (TPSA) is 110 Å². The second kappa shape index (κ2) is 134. The van der Waals surface area contributed by atoms with E-state index >= 15 is 0 Å². The fourth-order valence-electron chi connectivity index (χ4n) is 0.405. The van der Waals surface area contributed by atoms with Crippen molar-refractivity contribution in [1.82, 2.24) is 0 Å². The maximum atomic E-state index is 8.53. The molecule has 0 fully saturated rings. The molecule has 0 amide bonds. The third kappa shape index (κ3) is 398. The number of rotatable bonds is 5. The third-order valence-electron chi connectivity index (χ3n) is 0.950. The number of hydrogen-bond acceptors (Lipinski definition) is 6. The molecule has 1 atom stereocenters. The summed E-state index contributed by atoms with van der Waals surface area (Å²) in [5.41, 5.74) is 0. The Hall–Kier alpha value is 1.64. The Morgan fingerprint density at radius 2 is 0.906 bits per heavy atom. The van der Waals surface area contributed by atoms with Gasteiger partial charge in [0.15, 0.2) is 0 Å². The molecule has 5 N–H and O–H groups in total. The van der Waals surface area contributed by atoms with Crippen molar-refractivity contribution in [2.45, 2.75) is 92.2 Å². The van der Waals surface area contributed by atoms with Gasteiger partial charge in [0.25, 0.3) is 0 Å². The summed E-state index contributed by atoms with van der Waals surface area (Å²) >= 11 is 0. The minimum absolute atomic E-state index is 0. The first-order valence-corrected chi connectivity index (χ1v) is 7.59. The van der Waals surface area contributed by atoms with Gasteiger partial charge >= 0.3 is 0 Å². The summed E-state index contributed by atoms with van der Waals surface area (Å²) in [5, 5.41) is 39.3. The van der Waals surface area contributed by atoms with Gasteiger partial charge in [0.05, 0.1) is 13.2 Å². The van der Waals surface area contributed by atoms with Crippen LogP contribution in [-0.2, 0) is 69.9 Å². The quantitative estimate of drug-likeness (QED) is 0.127. The standard InChI is InChI=1S/C7H14O2.C3H8O.3C2H6O.6CH4.CH3.3Ti/c1-3-4-9-6-7(2)5-8;1-3(2)4;3*1-2-3;;;;;;;;;;/h3,7-8H,1,4-6H2,2H3;3-4H,1-2H3;3*3H,2H2,1H3;6*1H4;1H3;;;/q;;;;;;;;;;;-1;;;. The summed E-state index contributed by atoms with van der Waals surface area (Å²) in [5.74, 6) is 0.241. The van der Waals surface area contributed by atoms with Crippen molar-refractivity contribution >= 4 is 0 Å². The molecule has 0 aliphatic carbocycles. The van der Waals surface area contributed by atoms with Crippen LogP contribution in [0.25, 0.3) is 0 Å². The molecule has 0 saturated carbocycles. The van der Waals surface area contributed by atoms with Gasteiger partial charge in [0.1, 0.15) is 0 Å². The minimum atomic E-state index is -0.167. The first-order chi connectivity index (χ1) is 10.3. The Morgan fingerprint density at radius 3 is 1.03 bits per heavy atom. The van der Waals surface area contributed by atoms with E-state index in [1.807, 2.05) is 6.92 Å². The van der Waals surface area contributed by atoms with Crippen LogP contribution < -0.4 is 0 Å². The van der Waals surface area contributed by atoms with Gasteiger partial charge in [-0.25, -0.2) is 0 Å². The number of aliphatic hydroxyl groups is 5. The van der Waals surface area contributed by atoms with Crippen LogP contribution in [0.1, 0.15) is 86.1 Å². The summed E-state index contributed by atoms with van der Waals surface area (Å²) < 4.78 is 5.06. The molecular weight excluding hydrogens is 516 g/mol. The summed E-state index contributed by atoms with van der Waals surface area (Å²) in [4.78, 5) is 0. The van der Waals surface area contributed by atoms with Gasteiger partial charge in [-0.15, -0.1) is 6.58 Å². The van der Waals surface area contributed by atoms with Crippen molar-refractivity contribution in [3.63, 3.8) is 0 Å². The van der Waals surface area contributed by atoms with Crippen LogP contribution in [0.5, 0.6) is 0 Å². The van der Waals surface area contributed by atoms with E-state index in [9.17, 15) is 0 Å². The molecule has 0 rings (SSSR count). The van der Waals surface area contributed by atoms with Crippen LogP contribution >= 0.6 is 0 Å². The van der Waals surface area contributed by atoms with Crippen molar-refractivity contribution in [3.05, 3.63) is 20.1 Å². The molecule has 0 saturated heterocycles. The van der Waals surface area contributed by atoms with E-state index in [0.29, 0.717) is 13.2 Å². The number of hydrogen-bond donors (Lipinski definition) is 5. The Kier molecular flexibility index (Phi) is 431. The first kappa shape index (κ1) is 103. The molecule has 0 spiro atoms. The van der Waals surface area contributed by atoms with E-state index in [0.717, 1.165) is 0 Å². The predicted octanol–water partition coefficient (Wildman–Crippen LogP) is 5.46. The molecule has 0 heterocycles. The van der Waals surface area contributed by atoms with E-state index in [4.69, 9.17) is 30.3 Å². The smallest absolute Gasteiger partial charge is 0.0644 e. The Morgan fingerprint density at radius 1 is 0.719 bits per heavy atom. The second-order valence-corrected chi connectivity index (χ2v) is 4.16. The Balaban J connectivity index is -0.00000000866. The molecular formula is C23H67O6Ti3-. The number of aliphatic hydroxyl groups excluding tert-OH is 5.